The summed E-state index contributed by atoms with van der Waals surface area (Å²) >= 11 is 2.02. The van der Waals surface area contributed by atoms with Gasteiger partial charge in [-0.3, -0.25) is 9.59 Å². The van der Waals surface area contributed by atoms with E-state index in [1.807, 2.05) is 55.5 Å². The number of nitrogens with zero attached hydrogens (tertiary/aromatic N) is 3. The number of ether oxygens (including phenoxy) is 2. The van der Waals surface area contributed by atoms with Crippen LogP contribution in [0.3, 0.4) is 0 Å². The highest BCUT2D eigenvalue weighted by Crippen LogP contribution is 2.29. The number of pyridine rings is 1. The number of rotatable bonds is 3. The first kappa shape index (κ1) is 24.1. The summed E-state index contributed by atoms with van der Waals surface area (Å²) in [6.45, 7) is 7.16. The number of hydrogen-bond acceptors (Lipinski definition) is 5. The molecule has 0 saturated carbocycles. The van der Waals surface area contributed by atoms with E-state index in [2.05, 4.69) is 0 Å². The van der Waals surface area contributed by atoms with Crippen LogP contribution in [-0.2, 0) is 11.8 Å². The molecule has 2 aromatic rings. The molecule has 1 aromatic heterocycles. The van der Waals surface area contributed by atoms with E-state index in [1.54, 1.807) is 35.2 Å². The van der Waals surface area contributed by atoms with E-state index < -0.39 is 5.60 Å². The Morgan fingerprint density at radius 2 is 1.62 bits per heavy atom. The lowest BCUT2D eigenvalue weighted by Gasteiger charge is -2.35. The van der Waals surface area contributed by atoms with Gasteiger partial charge in [0.05, 0.1) is 16.2 Å². The van der Waals surface area contributed by atoms with Crippen LogP contribution in [0.5, 0.6) is 5.75 Å². The van der Waals surface area contributed by atoms with Crippen molar-refractivity contribution < 1.29 is 19.1 Å². The average molecular weight is 553 g/mol. The first-order valence-electron chi connectivity index (χ1n) is 10.3. The van der Waals surface area contributed by atoms with E-state index in [0.717, 1.165) is 11.1 Å². The molecule has 0 N–H and O–H groups in total. The largest absolute Gasteiger partial charge is 0.496 e. The van der Waals surface area contributed by atoms with Gasteiger partial charge >= 0.3 is 6.09 Å². The molecule has 3 rings (SSSR count). The highest BCUT2D eigenvalue weighted by molar-refractivity contribution is 14.1. The Balaban J connectivity index is 1.75. The van der Waals surface area contributed by atoms with E-state index in [-0.39, 0.29) is 17.6 Å². The van der Waals surface area contributed by atoms with E-state index in [9.17, 15) is 14.4 Å². The molecular weight excluding hydrogens is 525 g/mol. The predicted molar refractivity (Wildman–Crippen MR) is 130 cm³/mol. The Bertz CT molecular complexity index is 1060. The molecule has 1 saturated heterocycles. The molecule has 1 aliphatic rings. The molecule has 0 spiro atoms. The third-order valence-corrected chi connectivity index (χ3v) is 5.90. The van der Waals surface area contributed by atoms with Crippen molar-refractivity contribution in [2.24, 2.45) is 7.05 Å². The molecule has 9 heteroatoms. The van der Waals surface area contributed by atoms with Crippen molar-refractivity contribution in [3.8, 4) is 16.9 Å². The number of hydrogen-bond donors (Lipinski definition) is 0. The van der Waals surface area contributed by atoms with Crippen molar-refractivity contribution in [3.63, 3.8) is 0 Å². The number of carbonyl (C=O) groups excluding carboxylic acids is 2. The topological polar surface area (TPSA) is 81.1 Å². The van der Waals surface area contributed by atoms with Gasteiger partial charge in [0.2, 0.25) is 0 Å². The second-order valence-electron chi connectivity index (χ2n) is 8.67. The predicted octanol–water partition coefficient (Wildman–Crippen LogP) is 3.36. The van der Waals surface area contributed by atoms with Gasteiger partial charge in [0.15, 0.2) is 0 Å². The molecule has 1 fully saturated rings. The molecule has 0 bridgehead atoms. The Labute approximate surface area is 201 Å². The molecule has 1 aromatic carbocycles. The van der Waals surface area contributed by atoms with E-state index in [1.165, 1.54) is 11.7 Å². The van der Waals surface area contributed by atoms with Crippen LogP contribution in [0.15, 0.2) is 35.3 Å². The van der Waals surface area contributed by atoms with E-state index >= 15 is 0 Å². The molecule has 0 radical (unpaired) electrons. The lowest BCUT2D eigenvalue weighted by atomic mass is 10.0. The van der Waals surface area contributed by atoms with Gasteiger partial charge in [-0.15, -0.1) is 0 Å². The maximum Gasteiger partial charge on any atom is 0.410 e. The third kappa shape index (κ3) is 5.43. The quantitative estimate of drug-likeness (QED) is 0.545. The van der Waals surface area contributed by atoms with Gasteiger partial charge in [0, 0.05) is 39.4 Å². The van der Waals surface area contributed by atoms with Gasteiger partial charge < -0.3 is 23.8 Å². The summed E-state index contributed by atoms with van der Waals surface area (Å²) < 4.78 is 13.1. The maximum absolute atomic E-state index is 13.2. The molecule has 8 nitrogen and oxygen atoms in total. The van der Waals surface area contributed by atoms with Crippen molar-refractivity contribution in [1.29, 1.82) is 0 Å². The van der Waals surface area contributed by atoms with Crippen LogP contribution in [0.4, 0.5) is 4.79 Å². The van der Waals surface area contributed by atoms with Crippen molar-refractivity contribution in [1.82, 2.24) is 14.4 Å². The minimum atomic E-state index is -0.553. The SMILES string of the molecule is COc1cc(-c2cc(I)c(=O)n(C)c2)ccc1C(=O)N1CCN(C(=O)OC(C)(C)C)CC1. The van der Waals surface area contributed by atoms with Gasteiger partial charge in [0.1, 0.15) is 11.4 Å². The highest BCUT2D eigenvalue weighted by atomic mass is 127. The van der Waals surface area contributed by atoms with Crippen LogP contribution in [0.25, 0.3) is 11.1 Å². The van der Waals surface area contributed by atoms with Crippen LogP contribution in [0.2, 0.25) is 0 Å². The second-order valence-corrected chi connectivity index (χ2v) is 9.83. The minimum Gasteiger partial charge on any atom is -0.496 e. The van der Waals surface area contributed by atoms with Crippen LogP contribution < -0.4 is 10.3 Å². The Morgan fingerprint density at radius 1 is 1.00 bits per heavy atom. The molecule has 32 heavy (non-hydrogen) atoms. The molecular formula is C23H28IN3O5. The average Bonchev–Trinajstić information content (AvgIpc) is 2.75. The maximum atomic E-state index is 13.2. The summed E-state index contributed by atoms with van der Waals surface area (Å²) in [5.41, 5.74) is 1.56. The van der Waals surface area contributed by atoms with Gasteiger partial charge in [-0.05, 0) is 72.7 Å². The summed E-state index contributed by atoms with van der Waals surface area (Å²) in [5, 5.41) is 0. The Morgan fingerprint density at radius 3 is 2.19 bits per heavy atom. The monoisotopic (exact) mass is 553 g/mol. The minimum absolute atomic E-state index is 0.0568. The normalized spacial score (nSPS) is 14.3. The zero-order chi connectivity index (χ0) is 23.6. The van der Waals surface area contributed by atoms with Crippen LogP contribution >= 0.6 is 22.6 Å². The van der Waals surface area contributed by atoms with Gasteiger partial charge in [-0.2, -0.15) is 0 Å². The molecule has 1 aliphatic heterocycles. The number of methoxy groups -OCH3 is 1. The van der Waals surface area contributed by atoms with E-state index in [0.29, 0.717) is 41.1 Å². The Kier molecular flexibility index (Phi) is 7.16. The summed E-state index contributed by atoms with van der Waals surface area (Å²) in [7, 11) is 3.24. The number of aromatic nitrogens is 1. The molecule has 0 aliphatic carbocycles. The zero-order valence-corrected chi connectivity index (χ0v) is 21.1. The smallest absolute Gasteiger partial charge is 0.410 e. The number of halogens is 1. The van der Waals surface area contributed by atoms with Crippen molar-refractivity contribution in [3.05, 3.63) is 49.9 Å². The van der Waals surface area contributed by atoms with Crippen molar-refractivity contribution >= 4 is 34.6 Å². The number of piperazine rings is 1. The molecule has 172 valence electrons. The summed E-state index contributed by atoms with van der Waals surface area (Å²) in [6, 6.07) is 7.21. The molecule has 2 amide bonds. The lowest BCUT2D eigenvalue weighted by Crippen LogP contribution is -2.51. The first-order chi connectivity index (χ1) is 15.0. The van der Waals surface area contributed by atoms with Crippen LogP contribution in [0.1, 0.15) is 31.1 Å². The third-order valence-electron chi connectivity index (χ3n) is 5.12. The summed E-state index contributed by atoms with van der Waals surface area (Å²) in [6.07, 6.45) is 1.40. The van der Waals surface area contributed by atoms with Crippen molar-refractivity contribution in [2.75, 3.05) is 33.3 Å². The number of amides is 2. The fourth-order valence-electron chi connectivity index (χ4n) is 3.47. The van der Waals surface area contributed by atoms with Crippen molar-refractivity contribution in [2.45, 2.75) is 26.4 Å². The summed E-state index contributed by atoms with van der Waals surface area (Å²) in [5.74, 6) is 0.318. The second kappa shape index (κ2) is 9.51. The summed E-state index contributed by atoms with van der Waals surface area (Å²) in [4.78, 5) is 40.7. The molecule has 0 unspecified atom stereocenters. The highest BCUT2D eigenvalue weighted by Gasteiger charge is 2.29. The van der Waals surface area contributed by atoms with Crippen LogP contribution in [-0.4, -0.2) is 65.3 Å². The fraction of sp³-hybridized carbons (Fsp3) is 0.435. The molecule has 0 atom stereocenters. The first-order valence-corrected chi connectivity index (χ1v) is 11.4. The zero-order valence-electron chi connectivity index (χ0n) is 19.0. The number of carbonyl (C=O) groups is 2. The van der Waals surface area contributed by atoms with E-state index in [4.69, 9.17) is 9.47 Å². The molecule has 2 heterocycles. The van der Waals surface area contributed by atoms with Crippen LogP contribution in [0, 0.1) is 3.57 Å². The Hall–Kier alpha value is -2.56. The lowest BCUT2D eigenvalue weighted by molar-refractivity contribution is 0.0140. The van der Waals surface area contributed by atoms with Gasteiger partial charge in [0.25, 0.3) is 11.5 Å². The number of benzene rings is 1. The fourth-order valence-corrected chi connectivity index (χ4v) is 4.18. The number of aryl methyl sites for hydroxylation is 1. The van der Waals surface area contributed by atoms with Gasteiger partial charge in [-0.25, -0.2) is 4.79 Å². The van der Waals surface area contributed by atoms with Gasteiger partial charge in [-0.1, -0.05) is 6.07 Å². The standard InChI is InChI=1S/C23H28IN3O5/c1-23(2,3)32-22(30)27-10-8-26(9-11-27)20(28)17-7-6-15(13-19(17)31-5)16-12-18(24)21(29)25(4)14-16/h6-7,12-14H,8-11H2,1-5H3.